The fraction of sp³-hybridized carbons (Fsp3) is 0.632. The quantitative estimate of drug-likeness (QED) is 0.851. The summed E-state index contributed by atoms with van der Waals surface area (Å²) in [4.78, 5) is 13.4. The Labute approximate surface area is 148 Å². The maximum atomic E-state index is 11.1. The molecular weight excluding hydrogens is 322 g/mol. The Morgan fingerprint density at radius 2 is 1.96 bits per heavy atom. The summed E-state index contributed by atoms with van der Waals surface area (Å²) in [5.74, 6) is 0.811. The van der Waals surface area contributed by atoms with Crippen molar-refractivity contribution in [2.24, 2.45) is 0 Å². The minimum absolute atomic E-state index is 0.0544. The van der Waals surface area contributed by atoms with Crippen molar-refractivity contribution in [1.82, 2.24) is 4.90 Å². The predicted octanol–water partition coefficient (Wildman–Crippen LogP) is 2.61. The van der Waals surface area contributed by atoms with E-state index in [1.165, 1.54) is 0 Å². The second-order valence-electron chi connectivity index (χ2n) is 7.17. The van der Waals surface area contributed by atoms with Crippen LogP contribution in [0.25, 0.3) is 0 Å². The highest BCUT2D eigenvalue weighted by atomic mass is 16.5. The highest BCUT2D eigenvalue weighted by Gasteiger charge is 2.45. The van der Waals surface area contributed by atoms with E-state index in [-0.39, 0.29) is 18.1 Å². The fourth-order valence-corrected chi connectivity index (χ4v) is 3.95. The monoisotopic (exact) mass is 349 g/mol. The number of hydrogen-bond acceptors (Lipinski definition) is 5. The predicted molar refractivity (Wildman–Crippen MR) is 93.3 cm³/mol. The van der Waals surface area contributed by atoms with Crippen LogP contribution >= 0.6 is 0 Å². The molecule has 0 radical (unpaired) electrons. The van der Waals surface area contributed by atoms with Gasteiger partial charge in [0.15, 0.2) is 0 Å². The molecule has 2 aliphatic rings. The van der Waals surface area contributed by atoms with Crippen LogP contribution in [-0.2, 0) is 16.1 Å². The molecule has 1 unspecified atom stereocenters. The molecule has 1 N–H and O–H groups in total. The smallest absolute Gasteiger partial charge is 0.306 e. The van der Waals surface area contributed by atoms with Gasteiger partial charge < -0.3 is 19.3 Å². The largest absolute Gasteiger partial charge is 0.496 e. The Morgan fingerprint density at radius 3 is 2.44 bits per heavy atom. The maximum absolute atomic E-state index is 11.1. The van der Waals surface area contributed by atoms with E-state index in [2.05, 4.69) is 4.90 Å². The normalized spacial score (nSPS) is 22.4. The van der Waals surface area contributed by atoms with Crippen LogP contribution in [0.3, 0.4) is 0 Å². The molecule has 25 heavy (non-hydrogen) atoms. The van der Waals surface area contributed by atoms with Crippen LogP contribution in [0.2, 0.25) is 0 Å². The van der Waals surface area contributed by atoms with E-state index < -0.39 is 5.97 Å². The number of ether oxygens (including phenoxy) is 3. The van der Waals surface area contributed by atoms with Gasteiger partial charge >= 0.3 is 5.97 Å². The van der Waals surface area contributed by atoms with E-state index >= 15 is 0 Å². The van der Waals surface area contributed by atoms with Crippen molar-refractivity contribution in [2.75, 3.05) is 27.3 Å². The molecule has 1 atom stereocenters. The molecule has 1 aliphatic heterocycles. The molecule has 0 bridgehead atoms. The molecule has 1 saturated heterocycles. The molecule has 0 amide bonds. The Hall–Kier alpha value is -1.79. The number of benzene rings is 1. The second kappa shape index (κ2) is 7.22. The number of carboxylic acids is 1. The molecule has 1 aliphatic carbocycles. The first-order chi connectivity index (χ1) is 11.9. The Morgan fingerprint density at radius 1 is 1.32 bits per heavy atom. The van der Waals surface area contributed by atoms with Gasteiger partial charge in [-0.25, -0.2) is 0 Å². The Kier molecular flexibility index (Phi) is 5.20. The van der Waals surface area contributed by atoms with E-state index in [9.17, 15) is 4.79 Å². The van der Waals surface area contributed by atoms with Crippen LogP contribution in [0, 0.1) is 6.92 Å². The maximum Gasteiger partial charge on any atom is 0.306 e. The van der Waals surface area contributed by atoms with Crippen LogP contribution in [0.1, 0.15) is 36.8 Å². The van der Waals surface area contributed by atoms with Crippen molar-refractivity contribution >= 4 is 5.97 Å². The van der Waals surface area contributed by atoms with E-state index in [0.717, 1.165) is 55.0 Å². The van der Waals surface area contributed by atoms with Gasteiger partial charge in [-0.1, -0.05) is 0 Å². The third kappa shape index (κ3) is 3.90. The van der Waals surface area contributed by atoms with Crippen molar-refractivity contribution in [3.05, 3.63) is 23.3 Å². The molecule has 1 saturated carbocycles. The van der Waals surface area contributed by atoms with Crippen LogP contribution in [0.5, 0.6) is 11.5 Å². The fourth-order valence-electron chi connectivity index (χ4n) is 3.95. The lowest BCUT2D eigenvalue weighted by Crippen LogP contribution is -2.58. The lowest BCUT2D eigenvalue weighted by molar-refractivity contribution is -0.196. The molecule has 1 aromatic rings. The molecule has 6 nitrogen and oxygen atoms in total. The molecule has 1 spiro atoms. The van der Waals surface area contributed by atoms with Gasteiger partial charge in [0.05, 0.1) is 32.3 Å². The first-order valence-electron chi connectivity index (χ1n) is 8.78. The van der Waals surface area contributed by atoms with E-state index in [1.807, 2.05) is 19.1 Å². The highest BCUT2D eigenvalue weighted by molar-refractivity contribution is 5.67. The van der Waals surface area contributed by atoms with Crippen LogP contribution in [0.15, 0.2) is 12.1 Å². The third-order valence-electron chi connectivity index (χ3n) is 5.28. The average molecular weight is 349 g/mol. The van der Waals surface area contributed by atoms with Crippen LogP contribution in [0.4, 0.5) is 0 Å². The summed E-state index contributed by atoms with van der Waals surface area (Å²) in [6.45, 7) is 4.19. The minimum Gasteiger partial charge on any atom is -0.496 e. The number of aliphatic carboxylic acids is 1. The number of nitrogens with zero attached hydrogens (tertiary/aromatic N) is 1. The van der Waals surface area contributed by atoms with E-state index in [1.54, 1.807) is 14.2 Å². The van der Waals surface area contributed by atoms with Crippen molar-refractivity contribution < 1.29 is 24.1 Å². The van der Waals surface area contributed by atoms with Crippen molar-refractivity contribution in [3.8, 4) is 11.5 Å². The molecule has 1 heterocycles. The van der Waals surface area contributed by atoms with E-state index in [4.69, 9.17) is 19.3 Å². The number of methoxy groups -OCH3 is 2. The second-order valence-corrected chi connectivity index (χ2v) is 7.17. The molecular formula is C19H27NO5. The standard InChI is InChI=1S/C19H27NO5/c1-13-16(23-2)7-14(8-17(13)24-3)10-20-11-15(9-18(21)22)25-19(12-20)5-4-6-19/h7-8,15H,4-6,9-12H2,1-3H3,(H,21,22). The number of hydrogen-bond donors (Lipinski definition) is 1. The van der Waals surface area contributed by atoms with Crippen LogP contribution < -0.4 is 9.47 Å². The number of rotatable bonds is 6. The summed E-state index contributed by atoms with van der Waals surface area (Å²) in [6, 6.07) is 4.07. The van der Waals surface area contributed by atoms with Crippen molar-refractivity contribution in [3.63, 3.8) is 0 Å². The number of carboxylic acid groups (broad SMARTS) is 1. The Bertz CT molecular complexity index is 616. The van der Waals surface area contributed by atoms with Gasteiger partial charge in [-0.3, -0.25) is 9.69 Å². The molecule has 3 rings (SSSR count). The zero-order valence-corrected chi connectivity index (χ0v) is 15.2. The first-order valence-corrected chi connectivity index (χ1v) is 8.78. The molecule has 2 fully saturated rings. The van der Waals surface area contributed by atoms with Gasteiger partial charge in [-0.2, -0.15) is 0 Å². The summed E-state index contributed by atoms with van der Waals surface area (Å²) in [5, 5.41) is 9.14. The topological polar surface area (TPSA) is 68.2 Å². The van der Waals surface area contributed by atoms with Crippen molar-refractivity contribution in [1.29, 1.82) is 0 Å². The molecule has 0 aromatic heterocycles. The molecule has 1 aromatic carbocycles. The summed E-state index contributed by atoms with van der Waals surface area (Å²) >= 11 is 0. The summed E-state index contributed by atoms with van der Waals surface area (Å²) in [5.41, 5.74) is 1.93. The van der Waals surface area contributed by atoms with Gasteiger partial charge in [0.2, 0.25) is 0 Å². The SMILES string of the molecule is COc1cc(CN2CC(CC(=O)O)OC3(CCC3)C2)cc(OC)c1C. The van der Waals surface area contributed by atoms with Gasteiger partial charge in [-0.05, 0) is 43.9 Å². The third-order valence-corrected chi connectivity index (χ3v) is 5.28. The lowest BCUT2D eigenvalue weighted by atomic mass is 9.78. The zero-order chi connectivity index (χ0) is 18.0. The number of morpholine rings is 1. The van der Waals surface area contributed by atoms with Gasteiger partial charge in [0.1, 0.15) is 11.5 Å². The molecule has 138 valence electrons. The summed E-state index contributed by atoms with van der Waals surface area (Å²) in [7, 11) is 3.32. The number of carbonyl (C=O) groups is 1. The molecule has 6 heteroatoms. The van der Waals surface area contributed by atoms with Crippen LogP contribution in [-0.4, -0.2) is 55.0 Å². The average Bonchev–Trinajstić information content (AvgIpc) is 2.54. The minimum atomic E-state index is -0.806. The van der Waals surface area contributed by atoms with E-state index in [0.29, 0.717) is 6.54 Å². The zero-order valence-electron chi connectivity index (χ0n) is 15.2. The van der Waals surface area contributed by atoms with Crippen molar-refractivity contribution in [2.45, 2.75) is 50.9 Å². The summed E-state index contributed by atoms with van der Waals surface area (Å²) < 4.78 is 17.1. The lowest BCUT2D eigenvalue weighted by Gasteiger charge is -2.51. The highest BCUT2D eigenvalue weighted by Crippen LogP contribution is 2.41. The Balaban J connectivity index is 1.77. The summed E-state index contributed by atoms with van der Waals surface area (Å²) in [6.07, 6.45) is 2.99. The first kappa shape index (κ1) is 18.0. The van der Waals surface area contributed by atoms with Gasteiger partial charge in [-0.15, -0.1) is 0 Å². The van der Waals surface area contributed by atoms with Gasteiger partial charge in [0, 0.05) is 25.2 Å². The van der Waals surface area contributed by atoms with Gasteiger partial charge in [0.25, 0.3) is 0 Å².